The predicted molar refractivity (Wildman–Crippen MR) is 62.3 cm³/mol. The molecule has 2 rings (SSSR count). The summed E-state index contributed by atoms with van der Waals surface area (Å²) in [4.78, 5) is 4.19. The lowest BCUT2D eigenvalue weighted by atomic mass is 10.3. The maximum Gasteiger partial charge on any atom is 0.207 e. The van der Waals surface area contributed by atoms with Crippen molar-refractivity contribution in [2.45, 2.75) is 19.9 Å². The Morgan fingerprint density at radius 3 is 2.88 bits per heavy atom. The number of aromatic nitrogens is 2. The quantitative estimate of drug-likeness (QED) is 0.860. The van der Waals surface area contributed by atoms with Crippen LogP contribution in [-0.4, -0.2) is 15.6 Å². The van der Waals surface area contributed by atoms with Crippen LogP contribution in [-0.2, 0) is 0 Å². The molecule has 0 spiro atoms. The van der Waals surface area contributed by atoms with E-state index in [1.807, 2.05) is 24.5 Å². The standard InChI is InChI=1S/C12H14FN3/c1-9(2)15-12-14-6-7-16(12)11-5-3-4-10(13)8-11/h3-9H,1-2H3,(H,14,15). The number of halogens is 1. The molecule has 1 aromatic carbocycles. The molecule has 1 N–H and O–H groups in total. The van der Waals surface area contributed by atoms with Crippen LogP contribution in [0.4, 0.5) is 10.3 Å². The molecule has 3 nitrogen and oxygen atoms in total. The molecule has 84 valence electrons. The van der Waals surface area contributed by atoms with E-state index in [1.165, 1.54) is 12.1 Å². The number of imidazole rings is 1. The van der Waals surface area contributed by atoms with Crippen LogP contribution in [0.2, 0.25) is 0 Å². The zero-order valence-electron chi connectivity index (χ0n) is 9.31. The Kier molecular flexibility index (Phi) is 2.90. The zero-order valence-corrected chi connectivity index (χ0v) is 9.31. The van der Waals surface area contributed by atoms with Gasteiger partial charge in [-0.25, -0.2) is 9.37 Å². The average Bonchev–Trinajstić information content (AvgIpc) is 2.65. The molecule has 0 fully saturated rings. The highest BCUT2D eigenvalue weighted by molar-refractivity contribution is 5.42. The van der Waals surface area contributed by atoms with Crippen LogP contribution in [0.5, 0.6) is 0 Å². The van der Waals surface area contributed by atoms with Gasteiger partial charge in [0.1, 0.15) is 5.82 Å². The van der Waals surface area contributed by atoms with Gasteiger partial charge >= 0.3 is 0 Å². The van der Waals surface area contributed by atoms with Crippen LogP contribution in [0.3, 0.4) is 0 Å². The van der Waals surface area contributed by atoms with E-state index >= 15 is 0 Å². The fraction of sp³-hybridized carbons (Fsp3) is 0.250. The summed E-state index contributed by atoms with van der Waals surface area (Å²) in [6.45, 7) is 4.06. The Labute approximate surface area is 93.9 Å². The number of hydrogen-bond donors (Lipinski definition) is 1. The summed E-state index contributed by atoms with van der Waals surface area (Å²) in [5, 5.41) is 3.20. The van der Waals surface area contributed by atoms with Crippen molar-refractivity contribution in [1.82, 2.24) is 9.55 Å². The molecule has 4 heteroatoms. The molecule has 0 unspecified atom stereocenters. The highest BCUT2D eigenvalue weighted by atomic mass is 19.1. The van der Waals surface area contributed by atoms with Crippen molar-refractivity contribution < 1.29 is 4.39 Å². The fourth-order valence-electron chi connectivity index (χ4n) is 1.50. The second kappa shape index (κ2) is 4.35. The smallest absolute Gasteiger partial charge is 0.207 e. The molecular weight excluding hydrogens is 205 g/mol. The van der Waals surface area contributed by atoms with Crippen LogP contribution in [0.15, 0.2) is 36.7 Å². The number of anilines is 1. The van der Waals surface area contributed by atoms with Crippen molar-refractivity contribution in [3.63, 3.8) is 0 Å². The summed E-state index contributed by atoms with van der Waals surface area (Å²) in [6.07, 6.45) is 3.50. The first-order valence-electron chi connectivity index (χ1n) is 5.22. The Hall–Kier alpha value is -1.84. The molecule has 2 aromatic rings. The summed E-state index contributed by atoms with van der Waals surface area (Å²) >= 11 is 0. The number of nitrogens with zero attached hydrogens (tertiary/aromatic N) is 2. The Balaban J connectivity index is 2.37. The van der Waals surface area contributed by atoms with Gasteiger partial charge in [-0.05, 0) is 32.0 Å². The van der Waals surface area contributed by atoms with Crippen molar-refractivity contribution >= 4 is 5.95 Å². The first-order valence-corrected chi connectivity index (χ1v) is 5.22. The van der Waals surface area contributed by atoms with E-state index in [0.717, 1.165) is 11.6 Å². The summed E-state index contributed by atoms with van der Waals surface area (Å²) in [7, 11) is 0. The summed E-state index contributed by atoms with van der Waals surface area (Å²) in [5.74, 6) is 0.474. The Bertz CT molecular complexity index is 477. The first-order chi connectivity index (χ1) is 7.66. The second-order valence-corrected chi connectivity index (χ2v) is 3.90. The van der Waals surface area contributed by atoms with Crippen LogP contribution in [0.25, 0.3) is 5.69 Å². The van der Waals surface area contributed by atoms with Gasteiger partial charge in [-0.1, -0.05) is 6.07 Å². The first kappa shape index (κ1) is 10.7. The van der Waals surface area contributed by atoms with Gasteiger partial charge in [-0.2, -0.15) is 0 Å². The summed E-state index contributed by atoms with van der Waals surface area (Å²) < 4.78 is 14.9. The lowest BCUT2D eigenvalue weighted by Crippen LogP contribution is -2.13. The molecule has 0 aliphatic heterocycles. The number of benzene rings is 1. The molecule has 0 aliphatic rings. The molecule has 0 saturated heterocycles. The lowest BCUT2D eigenvalue weighted by Gasteiger charge is -2.12. The number of rotatable bonds is 3. The van der Waals surface area contributed by atoms with Crippen molar-refractivity contribution in [3.8, 4) is 5.69 Å². The van der Waals surface area contributed by atoms with E-state index in [-0.39, 0.29) is 11.9 Å². The molecule has 1 heterocycles. The second-order valence-electron chi connectivity index (χ2n) is 3.90. The highest BCUT2D eigenvalue weighted by Crippen LogP contribution is 2.15. The molecule has 16 heavy (non-hydrogen) atoms. The van der Waals surface area contributed by atoms with Gasteiger partial charge in [0, 0.05) is 18.4 Å². The molecule has 0 radical (unpaired) electrons. The largest absolute Gasteiger partial charge is 0.353 e. The van der Waals surface area contributed by atoms with Crippen LogP contribution < -0.4 is 5.32 Å². The maximum absolute atomic E-state index is 13.1. The van der Waals surface area contributed by atoms with E-state index in [0.29, 0.717) is 0 Å². The molecule has 0 atom stereocenters. The molecule has 0 bridgehead atoms. The third kappa shape index (κ3) is 2.21. The van der Waals surface area contributed by atoms with Gasteiger partial charge in [-0.3, -0.25) is 4.57 Å². The maximum atomic E-state index is 13.1. The molecular formula is C12H14FN3. The minimum Gasteiger partial charge on any atom is -0.353 e. The van der Waals surface area contributed by atoms with Crippen molar-refractivity contribution in [3.05, 3.63) is 42.5 Å². The van der Waals surface area contributed by atoms with Crippen LogP contribution in [0, 0.1) is 5.82 Å². The molecule has 0 aliphatic carbocycles. The Morgan fingerprint density at radius 2 is 2.19 bits per heavy atom. The van der Waals surface area contributed by atoms with Gasteiger partial charge in [0.2, 0.25) is 5.95 Å². The van der Waals surface area contributed by atoms with Gasteiger partial charge in [0.25, 0.3) is 0 Å². The average molecular weight is 219 g/mol. The fourth-order valence-corrected chi connectivity index (χ4v) is 1.50. The Morgan fingerprint density at radius 1 is 1.38 bits per heavy atom. The van der Waals surface area contributed by atoms with E-state index in [9.17, 15) is 4.39 Å². The van der Waals surface area contributed by atoms with Crippen LogP contribution >= 0.6 is 0 Å². The topological polar surface area (TPSA) is 29.9 Å². The van der Waals surface area contributed by atoms with Gasteiger partial charge in [0.05, 0.1) is 5.69 Å². The highest BCUT2D eigenvalue weighted by Gasteiger charge is 2.06. The molecule has 0 amide bonds. The predicted octanol–water partition coefficient (Wildman–Crippen LogP) is 2.83. The lowest BCUT2D eigenvalue weighted by molar-refractivity contribution is 0.626. The monoisotopic (exact) mass is 219 g/mol. The van der Waals surface area contributed by atoms with Gasteiger partial charge in [-0.15, -0.1) is 0 Å². The minimum atomic E-state index is -0.248. The van der Waals surface area contributed by atoms with Crippen molar-refractivity contribution in [2.24, 2.45) is 0 Å². The van der Waals surface area contributed by atoms with E-state index in [2.05, 4.69) is 10.3 Å². The van der Waals surface area contributed by atoms with E-state index < -0.39 is 0 Å². The number of hydrogen-bond acceptors (Lipinski definition) is 2. The third-order valence-electron chi connectivity index (χ3n) is 2.14. The summed E-state index contributed by atoms with van der Waals surface area (Å²) in [5.41, 5.74) is 0.764. The summed E-state index contributed by atoms with van der Waals surface area (Å²) in [6, 6.07) is 6.72. The van der Waals surface area contributed by atoms with Gasteiger partial charge in [0.15, 0.2) is 0 Å². The normalized spacial score (nSPS) is 10.8. The van der Waals surface area contributed by atoms with E-state index in [1.54, 1.807) is 18.5 Å². The molecule has 1 aromatic heterocycles. The van der Waals surface area contributed by atoms with Crippen LogP contribution in [0.1, 0.15) is 13.8 Å². The number of nitrogens with one attached hydrogen (secondary N) is 1. The zero-order chi connectivity index (χ0) is 11.5. The SMILES string of the molecule is CC(C)Nc1nccn1-c1cccc(F)c1. The van der Waals surface area contributed by atoms with Crippen molar-refractivity contribution in [2.75, 3.05) is 5.32 Å². The third-order valence-corrected chi connectivity index (χ3v) is 2.14. The van der Waals surface area contributed by atoms with E-state index in [4.69, 9.17) is 0 Å². The van der Waals surface area contributed by atoms with Gasteiger partial charge < -0.3 is 5.32 Å². The van der Waals surface area contributed by atoms with Crippen molar-refractivity contribution in [1.29, 1.82) is 0 Å². The minimum absolute atomic E-state index is 0.248. The molecule has 0 saturated carbocycles.